The fourth-order valence-corrected chi connectivity index (χ4v) is 0.680. The normalized spacial score (nSPS) is 9.70. The van der Waals surface area contributed by atoms with E-state index in [1.807, 2.05) is 0 Å². The summed E-state index contributed by atoms with van der Waals surface area (Å²) in [6.07, 6.45) is 0. The highest BCUT2D eigenvalue weighted by Gasteiger charge is 2.14. The van der Waals surface area contributed by atoms with Crippen LogP contribution >= 0.6 is 12.6 Å². The van der Waals surface area contributed by atoms with E-state index >= 15 is 0 Å². The second kappa shape index (κ2) is 2.70. The molecule has 0 unspecified atom stereocenters. The van der Waals surface area contributed by atoms with Crippen molar-refractivity contribution < 1.29 is 14.5 Å². The molecule has 10 heavy (non-hydrogen) atoms. The van der Waals surface area contributed by atoms with Gasteiger partial charge >= 0.3 is 5.97 Å². The van der Waals surface area contributed by atoms with E-state index in [1.54, 1.807) is 0 Å². The minimum Gasteiger partial charge on any atom is -0.476 e. The highest BCUT2D eigenvalue weighted by atomic mass is 32.1. The van der Waals surface area contributed by atoms with E-state index in [4.69, 9.17) is 5.11 Å². The summed E-state index contributed by atoms with van der Waals surface area (Å²) in [6.45, 7) is 0. The molecule has 1 rings (SSSR count). The van der Waals surface area contributed by atoms with Crippen molar-refractivity contribution in [2.75, 3.05) is 0 Å². The Morgan fingerprint density at radius 3 is 2.80 bits per heavy atom. The van der Waals surface area contributed by atoms with Gasteiger partial charge < -0.3 is 5.11 Å². The van der Waals surface area contributed by atoms with Crippen LogP contribution in [-0.2, 0) is 5.75 Å². The van der Waals surface area contributed by atoms with Crippen molar-refractivity contribution in [3.8, 4) is 0 Å². The monoisotopic (exact) mass is 160 g/mol. The first-order valence-electron chi connectivity index (χ1n) is 2.41. The van der Waals surface area contributed by atoms with Crippen LogP contribution < -0.4 is 0 Å². The average molecular weight is 160 g/mol. The largest absolute Gasteiger partial charge is 0.476 e. The third kappa shape index (κ3) is 1.10. The number of aromatic nitrogens is 2. The fourth-order valence-electron chi connectivity index (χ4n) is 0.473. The van der Waals surface area contributed by atoms with Gasteiger partial charge in [-0.2, -0.15) is 12.6 Å². The zero-order valence-electron chi connectivity index (χ0n) is 4.81. The van der Waals surface area contributed by atoms with Crippen LogP contribution in [0.1, 0.15) is 16.2 Å². The lowest BCUT2D eigenvalue weighted by Gasteiger charge is -1.84. The van der Waals surface area contributed by atoms with Crippen molar-refractivity contribution in [1.29, 1.82) is 0 Å². The number of carboxylic acids is 1. The predicted molar refractivity (Wildman–Crippen MR) is 33.9 cm³/mol. The summed E-state index contributed by atoms with van der Waals surface area (Å²) in [5.74, 6) is -0.934. The molecule has 0 spiro atoms. The van der Waals surface area contributed by atoms with Gasteiger partial charge in [-0.05, 0) is 5.16 Å². The molecule has 6 heteroatoms. The minimum absolute atomic E-state index is 0.171. The van der Waals surface area contributed by atoms with Gasteiger partial charge in [0.05, 0.1) is 0 Å². The molecule has 1 heterocycles. The van der Waals surface area contributed by atoms with E-state index in [0.29, 0.717) is 0 Å². The molecule has 0 bridgehead atoms. The van der Waals surface area contributed by atoms with E-state index in [0.717, 1.165) is 0 Å². The highest BCUT2D eigenvalue weighted by molar-refractivity contribution is 7.79. The van der Waals surface area contributed by atoms with Gasteiger partial charge in [-0.15, -0.1) is 0 Å². The summed E-state index contributed by atoms with van der Waals surface area (Å²) in [4.78, 5) is 10.2. The van der Waals surface area contributed by atoms with E-state index in [-0.39, 0.29) is 17.1 Å². The molecule has 5 nitrogen and oxygen atoms in total. The second-order valence-corrected chi connectivity index (χ2v) is 1.84. The number of carboxylic acid groups (broad SMARTS) is 1. The van der Waals surface area contributed by atoms with Crippen molar-refractivity contribution in [2.45, 2.75) is 5.75 Å². The van der Waals surface area contributed by atoms with Crippen LogP contribution in [0.4, 0.5) is 0 Å². The Hall–Kier alpha value is -1.04. The molecule has 0 fully saturated rings. The smallest absolute Gasteiger partial charge is 0.360 e. The Balaban J connectivity index is 3.01. The highest BCUT2D eigenvalue weighted by Crippen LogP contribution is 2.04. The van der Waals surface area contributed by atoms with E-state index in [1.165, 1.54) is 0 Å². The molecule has 0 radical (unpaired) electrons. The fraction of sp³-hybridized carbons (Fsp3) is 0.250. The number of hydrogen-bond donors (Lipinski definition) is 2. The minimum atomic E-state index is -1.15. The van der Waals surface area contributed by atoms with Gasteiger partial charge in [-0.3, -0.25) is 0 Å². The lowest BCUT2D eigenvalue weighted by Crippen LogP contribution is -2.00. The summed E-state index contributed by atoms with van der Waals surface area (Å²) in [7, 11) is 0. The Kier molecular flexibility index (Phi) is 1.91. The Bertz CT molecular complexity index is 246. The van der Waals surface area contributed by atoms with Crippen molar-refractivity contribution in [1.82, 2.24) is 10.3 Å². The average Bonchev–Trinajstić information content (AvgIpc) is 2.33. The second-order valence-electron chi connectivity index (χ2n) is 1.52. The standard InChI is InChI=1S/C4H4N2O3S/c7-4(8)3-2(1-10)5-9-6-3/h10H,1H2,(H,7,8). The van der Waals surface area contributed by atoms with Gasteiger partial charge in [-0.25, -0.2) is 9.42 Å². The molecule has 0 atom stereocenters. The Morgan fingerprint density at radius 2 is 2.40 bits per heavy atom. The number of rotatable bonds is 2. The van der Waals surface area contributed by atoms with Crippen LogP contribution in [0.25, 0.3) is 0 Å². The van der Waals surface area contributed by atoms with Crippen LogP contribution in [0.2, 0.25) is 0 Å². The quantitative estimate of drug-likeness (QED) is 0.604. The van der Waals surface area contributed by atoms with Gasteiger partial charge in [0, 0.05) is 5.75 Å². The first-order chi connectivity index (χ1) is 4.75. The summed E-state index contributed by atoms with van der Waals surface area (Å²) in [5.41, 5.74) is 0.0748. The first-order valence-corrected chi connectivity index (χ1v) is 3.04. The van der Waals surface area contributed by atoms with Crippen LogP contribution in [0, 0.1) is 0 Å². The van der Waals surface area contributed by atoms with Crippen molar-refractivity contribution in [2.24, 2.45) is 0 Å². The van der Waals surface area contributed by atoms with Gasteiger partial charge in [-0.1, -0.05) is 5.16 Å². The van der Waals surface area contributed by atoms with Crippen molar-refractivity contribution >= 4 is 18.6 Å². The van der Waals surface area contributed by atoms with Crippen molar-refractivity contribution in [3.05, 3.63) is 11.4 Å². The molecule has 0 aliphatic carbocycles. The molecule has 0 aromatic carbocycles. The van der Waals surface area contributed by atoms with Gasteiger partial charge in [0.15, 0.2) is 0 Å². The van der Waals surface area contributed by atoms with Crippen molar-refractivity contribution in [3.63, 3.8) is 0 Å². The summed E-state index contributed by atoms with van der Waals surface area (Å²) in [5, 5.41) is 14.9. The lowest BCUT2D eigenvalue weighted by molar-refractivity contribution is 0.0684. The Labute approximate surface area is 61.4 Å². The zero-order valence-corrected chi connectivity index (χ0v) is 5.71. The topological polar surface area (TPSA) is 76.2 Å². The SMILES string of the molecule is O=C(O)c1nonc1CS. The third-order valence-electron chi connectivity index (χ3n) is 0.909. The molecule has 1 N–H and O–H groups in total. The van der Waals surface area contributed by atoms with Gasteiger partial charge in [0.2, 0.25) is 5.69 Å². The molecule has 1 aromatic rings. The molecule has 0 saturated heterocycles. The number of thiol groups is 1. The molecule has 1 aromatic heterocycles. The van der Waals surface area contributed by atoms with Crippen LogP contribution in [0.15, 0.2) is 4.63 Å². The van der Waals surface area contributed by atoms with E-state index in [2.05, 4.69) is 27.6 Å². The molecule has 0 aliphatic rings. The first kappa shape index (κ1) is 7.07. The van der Waals surface area contributed by atoms with Crippen LogP contribution in [0.5, 0.6) is 0 Å². The third-order valence-corrected chi connectivity index (χ3v) is 1.21. The molecular weight excluding hydrogens is 156 g/mol. The number of aromatic carboxylic acids is 1. The van der Waals surface area contributed by atoms with Crippen LogP contribution in [0.3, 0.4) is 0 Å². The predicted octanol–water partition coefficient (Wildman–Crippen LogP) is 0.198. The number of hydrogen-bond acceptors (Lipinski definition) is 5. The molecule has 0 aliphatic heterocycles. The molecular formula is C4H4N2O3S. The molecule has 54 valence electrons. The number of carbonyl (C=O) groups is 1. The number of nitrogens with zero attached hydrogens (tertiary/aromatic N) is 2. The maximum atomic E-state index is 10.2. The van der Waals surface area contributed by atoms with E-state index in [9.17, 15) is 4.79 Å². The maximum Gasteiger partial charge on any atom is 0.360 e. The lowest BCUT2D eigenvalue weighted by atomic mass is 10.3. The zero-order chi connectivity index (χ0) is 7.56. The summed E-state index contributed by atoms with van der Waals surface area (Å²) >= 11 is 3.81. The summed E-state index contributed by atoms with van der Waals surface area (Å²) in [6, 6.07) is 0. The Morgan fingerprint density at radius 1 is 1.70 bits per heavy atom. The van der Waals surface area contributed by atoms with Crippen LogP contribution in [-0.4, -0.2) is 21.4 Å². The summed E-state index contributed by atoms with van der Waals surface area (Å²) < 4.78 is 4.17. The maximum absolute atomic E-state index is 10.2. The van der Waals surface area contributed by atoms with Gasteiger partial charge in [0.25, 0.3) is 0 Å². The molecule has 0 amide bonds. The molecule has 0 saturated carbocycles. The van der Waals surface area contributed by atoms with Gasteiger partial charge in [0.1, 0.15) is 5.69 Å². The van der Waals surface area contributed by atoms with E-state index < -0.39 is 5.97 Å².